The molecule has 0 radical (unpaired) electrons. The van der Waals surface area contributed by atoms with Gasteiger partial charge in [-0.2, -0.15) is 13.7 Å². The summed E-state index contributed by atoms with van der Waals surface area (Å²) < 4.78 is 30.1. The minimum atomic E-state index is -4.45. The van der Waals surface area contributed by atoms with Gasteiger partial charge in [0.05, 0.1) is 17.6 Å². The van der Waals surface area contributed by atoms with Gasteiger partial charge in [0.25, 0.3) is 5.91 Å². The standard InChI is InChI=1S/C7H9N3O4S2.Na.H/c8-3-1-2-6(15)9-5-4-10(7(5)11)16(12,13)14;;/h5H,1-2,4H2,(H,9,15)(H,12,13,14);;/q;+1;-1. The SMILES string of the molecule is N#CCCC(=S)NC1CN(S(=O)(=O)O)C1=O.[H-].[Na+]. The quantitative estimate of drug-likeness (QED) is 0.237. The Morgan fingerprint density at radius 1 is 1.76 bits per heavy atom. The van der Waals surface area contributed by atoms with Gasteiger partial charge in [0, 0.05) is 12.8 Å². The minimum absolute atomic E-state index is 0. The van der Waals surface area contributed by atoms with Crippen molar-refractivity contribution in [1.29, 1.82) is 5.26 Å². The molecule has 1 atom stereocenters. The van der Waals surface area contributed by atoms with Crippen molar-refractivity contribution < 1.29 is 48.7 Å². The molecule has 0 aliphatic carbocycles. The number of amides is 1. The Bertz CT molecular complexity index is 464. The molecule has 2 N–H and O–H groups in total. The topological polar surface area (TPSA) is 110 Å². The molecule has 90 valence electrons. The molecule has 0 aromatic heterocycles. The van der Waals surface area contributed by atoms with E-state index in [2.05, 4.69) is 5.32 Å². The minimum Gasteiger partial charge on any atom is -1.00 e. The van der Waals surface area contributed by atoms with Crippen LogP contribution in [0.3, 0.4) is 0 Å². The summed E-state index contributed by atoms with van der Waals surface area (Å²) in [5.41, 5.74) is 0. The average molecular weight is 287 g/mol. The van der Waals surface area contributed by atoms with E-state index < -0.39 is 22.3 Å². The molecular weight excluding hydrogens is 277 g/mol. The Hall–Kier alpha value is -0.240. The molecule has 7 nitrogen and oxygen atoms in total. The van der Waals surface area contributed by atoms with Crippen molar-refractivity contribution in [2.24, 2.45) is 0 Å². The number of nitriles is 1. The van der Waals surface area contributed by atoms with Crippen LogP contribution in [0.2, 0.25) is 0 Å². The normalized spacial score (nSPS) is 18.7. The molecule has 1 saturated heterocycles. The Balaban J connectivity index is 0. The van der Waals surface area contributed by atoms with Gasteiger partial charge in [0.1, 0.15) is 6.04 Å². The zero-order valence-corrected chi connectivity index (χ0v) is 12.7. The van der Waals surface area contributed by atoms with Crippen LogP contribution >= 0.6 is 12.2 Å². The van der Waals surface area contributed by atoms with Crippen LogP contribution in [0.4, 0.5) is 0 Å². The third kappa shape index (κ3) is 4.50. The second-order valence-corrected chi connectivity index (χ2v) is 4.95. The Labute approximate surface area is 128 Å². The van der Waals surface area contributed by atoms with Gasteiger partial charge in [-0.15, -0.1) is 0 Å². The summed E-state index contributed by atoms with van der Waals surface area (Å²) >= 11 is 4.84. The molecule has 17 heavy (non-hydrogen) atoms. The summed E-state index contributed by atoms with van der Waals surface area (Å²) in [7, 11) is -4.45. The van der Waals surface area contributed by atoms with Gasteiger partial charge in [-0.05, 0) is 0 Å². The van der Waals surface area contributed by atoms with Gasteiger partial charge in [-0.1, -0.05) is 12.2 Å². The number of thiocarbonyl (C=S) groups is 1. The molecule has 1 aliphatic heterocycles. The molecule has 1 unspecified atom stereocenters. The summed E-state index contributed by atoms with van der Waals surface area (Å²) in [4.78, 5) is 11.5. The largest absolute Gasteiger partial charge is 1.00 e. The molecule has 10 heteroatoms. The number of nitrogens with one attached hydrogen (secondary N) is 1. The van der Waals surface area contributed by atoms with Crippen molar-refractivity contribution >= 4 is 33.4 Å². The van der Waals surface area contributed by atoms with E-state index in [9.17, 15) is 13.2 Å². The summed E-state index contributed by atoms with van der Waals surface area (Å²) in [6, 6.07) is 1.16. The van der Waals surface area contributed by atoms with E-state index in [0.717, 1.165) is 0 Å². The van der Waals surface area contributed by atoms with Gasteiger partial charge in [0.15, 0.2) is 0 Å². The van der Waals surface area contributed by atoms with E-state index in [1.807, 2.05) is 6.07 Å². The van der Waals surface area contributed by atoms with Gasteiger partial charge < -0.3 is 6.74 Å². The molecule has 1 heterocycles. The maximum Gasteiger partial charge on any atom is 1.00 e. The number of carbonyl (C=O) groups excluding carboxylic acids is 1. The molecule has 1 amide bonds. The van der Waals surface area contributed by atoms with Crippen LogP contribution in [0.5, 0.6) is 0 Å². The first kappa shape index (κ1) is 16.8. The molecular formula is C7H10N3NaO4S2. The first-order valence-corrected chi connectivity index (χ1v) is 6.12. The monoisotopic (exact) mass is 287 g/mol. The fourth-order valence-corrected chi connectivity index (χ4v) is 2.08. The van der Waals surface area contributed by atoms with Gasteiger partial charge >= 0.3 is 39.9 Å². The number of carbonyl (C=O) groups is 1. The maximum absolute atomic E-state index is 11.2. The molecule has 0 spiro atoms. The van der Waals surface area contributed by atoms with Gasteiger partial charge in [0.2, 0.25) is 0 Å². The third-order valence-corrected chi connectivity index (χ3v) is 3.18. The average Bonchev–Trinajstić information content (AvgIpc) is 2.18. The predicted octanol–water partition coefficient (Wildman–Crippen LogP) is -3.66. The van der Waals surface area contributed by atoms with Crippen LogP contribution in [0.15, 0.2) is 0 Å². The van der Waals surface area contributed by atoms with Crippen LogP contribution < -0.4 is 34.9 Å². The van der Waals surface area contributed by atoms with Crippen LogP contribution in [0.25, 0.3) is 0 Å². The Morgan fingerprint density at radius 2 is 2.35 bits per heavy atom. The van der Waals surface area contributed by atoms with E-state index in [1.165, 1.54) is 0 Å². The zero-order valence-electron chi connectivity index (χ0n) is 10.1. The molecule has 1 fully saturated rings. The molecule has 1 rings (SSSR count). The maximum atomic E-state index is 11.2. The molecule has 0 aromatic rings. The molecule has 0 saturated carbocycles. The van der Waals surface area contributed by atoms with Crippen molar-refractivity contribution in [2.75, 3.05) is 6.54 Å². The van der Waals surface area contributed by atoms with E-state index in [1.54, 1.807) is 0 Å². The van der Waals surface area contributed by atoms with Crippen molar-refractivity contribution in [3.05, 3.63) is 0 Å². The smallest absolute Gasteiger partial charge is 1.00 e. The number of rotatable bonds is 4. The van der Waals surface area contributed by atoms with Crippen LogP contribution in [0, 0.1) is 11.3 Å². The summed E-state index contributed by atoms with van der Waals surface area (Å²) in [6.07, 6.45) is 0.552. The van der Waals surface area contributed by atoms with Crippen LogP contribution in [-0.4, -0.2) is 40.8 Å². The van der Waals surface area contributed by atoms with Gasteiger partial charge in [-0.25, -0.2) is 4.31 Å². The summed E-state index contributed by atoms with van der Waals surface area (Å²) in [5.74, 6) is -0.748. The number of β-lactam (4-membered cyclic amide) rings is 1. The Morgan fingerprint density at radius 3 is 2.76 bits per heavy atom. The van der Waals surface area contributed by atoms with Crippen molar-refractivity contribution in [3.63, 3.8) is 0 Å². The number of hydrogen-bond donors (Lipinski definition) is 2. The Kier molecular flexibility index (Phi) is 6.53. The van der Waals surface area contributed by atoms with Crippen molar-refractivity contribution in [1.82, 2.24) is 9.62 Å². The third-order valence-electron chi connectivity index (χ3n) is 1.97. The fraction of sp³-hybridized carbons (Fsp3) is 0.571. The van der Waals surface area contributed by atoms with E-state index in [-0.39, 0.29) is 43.9 Å². The van der Waals surface area contributed by atoms with Crippen molar-refractivity contribution in [3.8, 4) is 6.07 Å². The molecule has 1 aliphatic rings. The fourth-order valence-electron chi connectivity index (χ4n) is 1.15. The second-order valence-electron chi connectivity index (χ2n) is 3.13. The molecule has 0 bridgehead atoms. The number of nitrogens with zero attached hydrogens (tertiary/aromatic N) is 2. The summed E-state index contributed by atoms with van der Waals surface area (Å²) in [5, 5.41) is 10.9. The first-order valence-electron chi connectivity index (χ1n) is 4.31. The first-order chi connectivity index (χ1) is 7.36. The van der Waals surface area contributed by atoms with Crippen molar-refractivity contribution in [2.45, 2.75) is 18.9 Å². The molecule has 0 aromatic carbocycles. The zero-order chi connectivity index (χ0) is 12.3. The summed E-state index contributed by atoms with van der Waals surface area (Å²) in [6.45, 7) is -0.148. The second kappa shape index (κ2) is 6.63. The van der Waals surface area contributed by atoms with E-state index >= 15 is 0 Å². The van der Waals surface area contributed by atoms with Crippen LogP contribution in [-0.2, 0) is 15.1 Å². The van der Waals surface area contributed by atoms with E-state index in [4.69, 9.17) is 22.0 Å². The van der Waals surface area contributed by atoms with Gasteiger partial charge in [-0.3, -0.25) is 9.35 Å². The van der Waals surface area contributed by atoms with E-state index in [0.29, 0.717) is 15.7 Å². The van der Waals surface area contributed by atoms with Crippen LogP contribution in [0.1, 0.15) is 14.3 Å². The predicted molar refractivity (Wildman–Crippen MR) is 58.7 cm³/mol. The number of hydrogen-bond acceptors (Lipinski definition) is 5.